The molecule has 0 atom stereocenters. The van der Waals surface area contributed by atoms with Gasteiger partial charge in [0.1, 0.15) is 11.6 Å². The summed E-state index contributed by atoms with van der Waals surface area (Å²) in [6.45, 7) is 4.54. The first kappa shape index (κ1) is 27.1. The zero-order valence-corrected chi connectivity index (χ0v) is 22.5. The fourth-order valence-electron chi connectivity index (χ4n) is 5.74. The van der Waals surface area contributed by atoms with Crippen LogP contribution in [0.1, 0.15) is 52.3 Å². The molecule has 0 aliphatic carbocycles. The number of halogens is 2. The number of nitrogens with one attached hydrogen (secondary N) is 2. The summed E-state index contributed by atoms with van der Waals surface area (Å²) in [5.41, 5.74) is 4.26. The van der Waals surface area contributed by atoms with Gasteiger partial charge in [0, 0.05) is 41.7 Å². The number of nitrogens with zero attached hydrogens (tertiary/aromatic N) is 5. The highest BCUT2D eigenvalue weighted by Gasteiger charge is 2.46. The summed E-state index contributed by atoms with van der Waals surface area (Å²) in [6.07, 6.45) is 3.95. The maximum atomic E-state index is 14.7. The molecule has 2 aromatic heterocycles. The Labute approximate surface area is 240 Å². The molecular weight excluding hydrogens is 544 g/mol. The van der Waals surface area contributed by atoms with Crippen molar-refractivity contribution in [1.29, 1.82) is 0 Å². The van der Waals surface area contributed by atoms with Gasteiger partial charge in [0.05, 0.1) is 39.6 Å². The Kier molecular flexibility index (Phi) is 6.87. The lowest BCUT2D eigenvalue weighted by molar-refractivity contribution is 0.0354. The van der Waals surface area contributed by atoms with Gasteiger partial charge in [-0.2, -0.15) is 4.37 Å². The number of aryl methyl sites for hydroxylation is 1. The van der Waals surface area contributed by atoms with Crippen LogP contribution in [0.4, 0.5) is 20.4 Å². The molecule has 2 fully saturated rings. The predicted molar refractivity (Wildman–Crippen MR) is 156 cm³/mol. The van der Waals surface area contributed by atoms with Gasteiger partial charge in [-0.25, -0.2) is 18.7 Å². The minimum atomic E-state index is -0.680. The average Bonchev–Trinajstić information content (AvgIpc) is 3.54. The standard InChI is InChI=1S/C29H25F2N7OS.CH4/c1-16-22-24-18(12-32-25(26(22)40-37-16)23-20(30)4-2-5-21(23)31)13-33-28(36-24)35-19-8-6-17(7-9-19)27(39)38-14-29(15-38)10-3-11-34-29;/h2,4-9,13,34H,3,10-12,14-15H2,1H3,(H,33,35,36);1H4. The Morgan fingerprint density at radius 1 is 1.10 bits per heavy atom. The second-order valence-electron chi connectivity index (χ2n) is 10.5. The van der Waals surface area contributed by atoms with E-state index in [1.165, 1.54) is 18.2 Å². The van der Waals surface area contributed by atoms with Crippen LogP contribution < -0.4 is 10.6 Å². The molecule has 0 radical (unpaired) electrons. The van der Waals surface area contributed by atoms with Gasteiger partial charge in [0.25, 0.3) is 5.91 Å². The normalized spacial score (nSPS) is 16.7. The van der Waals surface area contributed by atoms with E-state index in [9.17, 15) is 13.6 Å². The van der Waals surface area contributed by atoms with Crippen LogP contribution in [0.25, 0.3) is 11.3 Å². The molecule has 0 saturated carbocycles. The van der Waals surface area contributed by atoms with E-state index in [4.69, 9.17) is 4.98 Å². The van der Waals surface area contributed by atoms with Crippen LogP contribution in [-0.4, -0.2) is 56.0 Å². The SMILES string of the molecule is C.Cc1nsc2c1-c1nc(Nc3ccc(C(=O)N4CC5(CCCN5)C4)cc3)ncc1CN=C2c1c(F)cccc1F. The highest BCUT2D eigenvalue weighted by atomic mass is 32.1. The number of hydrogen-bond acceptors (Lipinski definition) is 8. The van der Waals surface area contributed by atoms with E-state index in [2.05, 4.69) is 25.0 Å². The van der Waals surface area contributed by atoms with Crippen molar-refractivity contribution in [2.45, 2.75) is 39.3 Å². The molecule has 0 unspecified atom stereocenters. The molecule has 3 aliphatic rings. The topological polar surface area (TPSA) is 95.4 Å². The van der Waals surface area contributed by atoms with Crippen molar-refractivity contribution in [2.75, 3.05) is 25.0 Å². The van der Waals surface area contributed by atoms with Gasteiger partial charge in [-0.05, 0) is 74.2 Å². The van der Waals surface area contributed by atoms with Crippen LogP contribution in [0.15, 0.2) is 53.7 Å². The fraction of sp³-hybridized carbons (Fsp3) is 0.300. The van der Waals surface area contributed by atoms with E-state index in [0.717, 1.165) is 55.3 Å². The first-order chi connectivity index (χ1) is 19.4. The first-order valence-electron chi connectivity index (χ1n) is 13.1. The molecule has 3 aliphatic heterocycles. The van der Waals surface area contributed by atoms with Crippen molar-refractivity contribution in [1.82, 2.24) is 24.6 Å². The van der Waals surface area contributed by atoms with Gasteiger partial charge < -0.3 is 15.5 Å². The van der Waals surface area contributed by atoms with E-state index in [0.29, 0.717) is 33.3 Å². The van der Waals surface area contributed by atoms with Crippen molar-refractivity contribution in [3.63, 3.8) is 0 Å². The molecule has 41 heavy (non-hydrogen) atoms. The van der Waals surface area contributed by atoms with Crippen molar-refractivity contribution in [3.05, 3.63) is 87.6 Å². The largest absolute Gasteiger partial charge is 0.335 e. The molecule has 210 valence electrons. The van der Waals surface area contributed by atoms with E-state index in [1.54, 1.807) is 18.3 Å². The van der Waals surface area contributed by atoms with Crippen LogP contribution in [0.3, 0.4) is 0 Å². The third-order valence-electron chi connectivity index (χ3n) is 7.78. The summed E-state index contributed by atoms with van der Waals surface area (Å²) in [5, 5.41) is 6.74. The lowest BCUT2D eigenvalue weighted by Gasteiger charge is -2.48. The van der Waals surface area contributed by atoms with Gasteiger partial charge >= 0.3 is 0 Å². The highest BCUT2D eigenvalue weighted by Crippen LogP contribution is 2.37. The van der Waals surface area contributed by atoms with E-state index in [-0.39, 0.29) is 36.7 Å². The summed E-state index contributed by atoms with van der Waals surface area (Å²) in [6, 6.07) is 11.0. The molecule has 8 nitrogen and oxygen atoms in total. The van der Waals surface area contributed by atoms with Gasteiger partial charge in [-0.1, -0.05) is 13.5 Å². The number of likely N-dealkylation sites (tertiary alicyclic amines) is 1. The molecular formula is C30H29F2N7OS. The Bertz CT molecular complexity index is 1650. The number of rotatable bonds is 4. The van der Waals surface area contributed by atoms with E-state index < -0.39 is 11.6 Å². The third-order valence-corrected chi connectivity index (χ3v) is 8.73. The monoisotopic (exact) mass is 573 g/mol. The average molecular weight is 574 g/mol. The van der Waals surface area contributed by atoms with Gasteiger partial charge in [-0.15, -0.1) is 0 Å². The minimum absolute atomic E-state index is 0. The summed E-state index contributed by atoms with van der Waals surface area (Å²) < 4.78 is 33.9. The quantitative estimate of drug-likeness (QED) is 0.335. The zero-order chi connectivity index (χ0) is 27.4. The Hall–Kier alpha value is -4.09. The predicted octanol–water partition coefficient (Wildman–Crippen LogP) is 5.50. The highest BCUT2D eigenvalue weighted by molar-refractivity contribution is 7.09. The molecule has 2 saturated heterocycles. The fourth-order valence-corrected chi connectivity index (χ4v) is 6.64. The molecule has 1 amide bonds. The second kappa shape index (κ2) is 10.4. The van der Waals surface area contributed by atoms with Gasteiger partial charge in [0.15, 0.2) is 0 Å². The number of anilines is 2. The number of carbonyl (C=O) groups excluding carboxylic acids is 1. The van der Waals surface area contributed by atoms with Gasteiger partial charge in [0.2, 0.25) is 5.95 Å². The minimum Gasteiger partial charge on any atom is -0.335 e. The molecule has 2 aromatic carbocycles. The van der Waals surface area contributed by atoms with Crippen LogP contribution in [0, 0.1) is 18.6 Å². The summed E-state index contributed by atoms with van der Waals surface area (Å²) in [4.78, 5) is 29.2. The number of fused-ring (bicyclic) bond motifs is 3. The van der Waals surface area contributed by atoms with Crippen LogP contribution in [0.2, 0.25) is 0 Å². The van der Waals surface area contributed by atoms with Crippen LogP contribution >= 0.6 is 11.5 Å². The molecule has 5 heterocycles. The van der Waals surface area contributed by atoms with Crippen molar-refractivity contribution in [2.24, 2.45) is 4.99 Å². The van der Waals surface area contributed by atoms with Gasteiger partial charge in [-0.3, -0.25) is 9.79 Å². The Balaban J connectivity index is 0.00000302. The summed E-state index contributed by atoms with van der Waals surface area (Å²) in [5.74, 6) is -0.976. The van der Waals surface area contributed by atoms with Crippen molar-refractivity contribution >= 4 is 34.8 Å². The maximum absolute atomic E-state index is 14.7. The number of hydrogen-bond donors (Lipinski definition) is 2. The molecule has 7 rings (SSSR count). The molecule has 11 heteroatoms. The number of benzene rings is 2. The lowest BCUT2D eigenvalue weighted by Crippen LogP contribution is -2.67. The second-order valence-corrected chi connectivity index (χ2v) is 11.2. The number of carbonyl (C=O) groups is 1. The van der Waals surface area contributed by atoms with Crippen LogP contribution in [0.5, 0.6) is 0 Å². The number of aromatic nitrogens is 3. The first-order valence-corrected chi connectivity index (χ1v) is 13.9. The molecule has 2 N–H and O–H groups in total. The Morgan fingerprint density at radius 3 is 2.56 bits per heavy atom. The van der Waals surface area contributed by atoms with Crippen molar-refractivity contribution in [3.8, 4) is 11.3 Å². The lowest BCUT2D eigenvalue weighted by atomic mass is 9.88. The molecule has 4 aromatic rings. The summed E-state index contributed by atoms with van der Waals surface area (Å²) in [7, 11) is 0. The number of amides is 1. The smallest absolute Gasteiger partial charge is 0.253 e. The molecule has 0 bridgehead atoms. The van der Waals surface area contributed by atoms with Crippen LogP contribution in [-0.2, 0) is 6.54 Å². The molecule has 1 spiro atoms. The third kappa shape index (κ3) is 4.68. The Morgan fingerprint density at radius 2 is 1.85 bits per heavy atom. The van der Waals surface area contributed by atoms with Crippen molar-refractivity contribution < 1.29 is 13.6 Å². The van der Waals surface area contributed by atoms with E-state index >= 15 is 0 Å². The number of aliphatic imine (C=N–C) groups is 1. The summed E-state index contributed by atoms with van der Waals surface area (Å²) >= 11 is 1.14. The zero-order valence-electron chi connectivity index (χ0n) is 21.7. The maximum Gasteiger partial charge on any atom is 0.253 e. The van der Waals surface area contributed by atoms with E-state index in [1.807, 2.05) is 24.0 Å².